The molecule has 18 heavy (non-hydrogen) atoms. The van der Waals surface area contributed by atoms with E-state index in [-0.39, 0.29) is 0 Å². The lowest BCUT2D eigenvalue weighted by Crippen LogP contribution is -2.48. The Morgan fingerprint density at radius 1 is 1.28 bits per heavy atom. The van der Waals surface area contributed by atoms with Crippen molar-refractivity contribution < 1.29 is 27.8 Å². The third-order valence-corrected chi connectivity index (χ3v) is 5.75. The summed E-state index contributed by atoms with van der Waals surface area (Å²) in [5, 5.41) is 8.05. The van der Waals surface area contributed by atoms with Crippen LogP contribution in [0.25, 0.3) is 0 Å². The van der Waals surface area contributed by atoms with E-state index in [2.05, 4.69) is 0 Å². The number of hydrogen-bond acceptors (Lipinski definition) is 5. The van der Waals surface area contributed by atoms with E-state index >= 15 is 0 Å². The molecule has 2 aliphatic rings. The second-order valence-electron chi connectivity index (χ2n) is 4.96. The average Bonchev–Trinajstić information content (AvgIpc) is 2.28. The predicted molar refractivity (Wildman–Crippen MR) is 63.2 cm³/mol. The van der Waals surface area contributed by atoms with Crippen LogP contribution in [-0.2, 0) is 24.1 Å². The van der Waals surface area contributed by atoms with Gasteiger partial charge in [0.1, 0.15) is 5.75 Å². The van der Waals surface area contributed by atoms with Gasteiger partial charge in [-0.15, -0.1) is 0 Å². The van der Waals surface area contributed by atoms with Crippen LogP contribution in [0, 0.1) is 0 Å². The molecule has 0 bridgehead atoms. The first-order chi connectivity index (χ1) is 8.44. The summed E-state index contributed by atoms with van der Waals surface area (Å²) in [6, 6.07) is 0. The van der Waals surface area contributed by atoms with Crippen LogP contribution in [0.2, 0.25) is 0 Å². The molecule has 0 aromatic carbocycles. The van der Waals surface area contributed by atoms with Crippen LogP contribution in [0.3, 0.4) is 0 Å². The topological polar surface area (TPSA) is 89.9 Å². The molecule has 0 aliphatic carbocycles. The fraction of sp³-hybridized carbons (Fsp3) is 0.909. The van der Waals surface area contributed by atoms with Gasteiger partial charge in [0.15, 0.2) is 9.84 Å². The molecule has 2 rings (SSSR count). The van der Waals surface area contributed by atoms with Gasteiger partial charge in [-0.05, 0) is 25.7 Å². The van der Waals surface area contributed by atoms with E-state index in [0.29, 0.717) is 45.5 Å². The van der Waals surface area contributed by atoms with Crippen molar-refractivity contribution in [1.82, 2.24) is 0 Å². The second kappa shape index (κ2) is 5.14. The molecule has 6 nitrogen and oxygen atoms in total. The third-order valence-electron chi connectivity index (χ3n) is 3.68. The smallest absolute Gasteiger partial charge is 0.318 e. The fourth-order valence-electron chi connectivity index (χ4n) is 2.67. The maximum Gasteiger partial charge on any atom is 0.318 e. The number of sulfone groups is 1. The van der Waals surface area contributed by atoms with Gasteiger partial charge in [0.05, 0.1) is 10.9 Å². The van der Waals surface area contributed by atoms with E-state index < -0.39 is 32.4 Å². The van der Waals surface area contributed by atoms with Crippen LogP contribution in [0.15, 0.2) is 0 Å². The Balaban J connectivity index is 2.08. The normalized spacial score (nSPS) is 28.1. The molecule has 0 saturated carbocycles. The first kappa shape index (κ1) is 13.8. The second-order valence-corrected chi connectivity index (χ2v) is 7.24. The predicted octanol–water partition coefficient (Wildman–Crippen LogP) is 0.214. The van der Waals surface area contributed by atoms with Gasteiger partial charge in [-0.3, -0.25) is 4.79 Å². The van der Waals surface area contributed by atoms with Crippen molar-refractivity contribution in [2.75, 3.05) is 25.6 Å². The Morgan fingerprint density at radius 2 is 1.94 bits per heavy atom. The maximum atomic E-state index is 12.0. The molecule has 0 amide bonds. The molecule has 1 spiro atoms. The van der Waals surface area contributed by atoms with E-state index in [1.54, 1.807) is 0 Å². The number of carboxylic acid groups (broad SMARTS) is 1. The van der Waals surface area contributed by atoms with Crippen LogP contribution in [0.5, 0.6) is 0 Å². The number of carbonyl (C=O) groups is 1. The van der Waals surface area contributed by atoms with Crippen LogP contribution in [0.1, 0.15) is 25.7 Å². The minimum Gasteiger partial charge on any atom is -0.480 e. The van der Waals surface area contributed by atoms with E-state index in [0.717, 1.165) is 0 Å². The average molecular weight is 278 g/mol. The molecular weight excluding hydrogens is 260 g/mol. The van der Waals surface area contributed by atoms with E-state index in [4.69, 9.17) is 14.6 Å². The molecular formula is C11H18O6S. The Kier molecular flexibility index (Phi) is 3.93. The summed E-state index contributed by atoms with van der Waals surface area (Å²) in [5.41, 5.74) is -0.424. The van der Waals surface area contributed by atoms with Gasteiger partial charge in [-0.2, -0.15) is 0 Å². The van der Waals surface area contributed by atoms with Crippen LogP contribution in [0.4, 0.5) is 0 Å². The van der Waals surface area contributed by atoms with Crippen molar-refractivity contribution in [3.63, 3.8) is 0 Å². The van der Waals surface area contributed by atoms with Gasteiger partial charge in [0.2, 0.25) is 0 Å². The molecule has 2 saturated heterocycles. The van der Waals surface area contributed by atoms with Gasteiger partial charge in [-0.1, -0.05) is 0 Å². The van der Waals surface area contributed by atoms with Crippen molar-refractivity contribution >= 4 is 15.8 Å². The Labute approximate surface area is 106 Å². The van der Waals surface area contributed by atoms with Crippen LogP contribution >= 0.6 is 0 Å². The molecule has 2 aliphatic heterocycles. The third kappa shape index (κ3) is 3.02. The van der Waals surface area contributed by atoms with Crippen molar-refractivity contribution in [2.24, 2.45) is 0 Å². The molecule has 0 radical (unpaired) electrons. The molecule has 1 unspecified atom stereocenters. The minimum absolute atomic E-state index is 0.378. The van der Waals surface area contributed by atoms with Crippen LogP contribution in [-0.4, -0.2) is 55.9 Å². The highest BCUT2D eigenvalue weighted by atomic mass is 32.2. The summed E-state index contributed by atoms with van der Waals surface area (Å²) < 4.78 is 34.9. The molecule has 104 valence electrons. The van der Waals surface area contributed by atoms with Crippen molar-refractivity contribution in [1.29, 1.82) is 0 Å². The number of rotatable bonds is 3. The number of ether oxygens (including phenoxy) is 2. The van der Waals surface area contributed by atoms with Gasteiger partial charge in [-0.25, -0.2) is 8.42 Å². The van der Waals surface area contributed by atoms with Gasteiger partial charge >= 0.3 is 5.97 Å². The first-order valence-corrected chi connectivity index (χ1v) is 7.80. The summed E-state index contributed by atoms with van der Waals surface area (Å²) in [7, 11) is -3.58. The number of aliphatic carboxylic acids is 1. The Bertz CT molecular complexity index is 404. The number of hydrogen-bond donors (Lipinski definition) is 1. The SMILES string of the molecule is O=C(O)CS(=O)(=O)C1CCOC2(CCOCC2)C1. The van der Waals surface area contributed by atoms with E-state index in [1.807, 2.05) is 0 Å². The number of carboxylic acids is 1. The highest BCUT2D eigenvalue weighted by Crippen LogP contribution is 2.36. The monoisotopic (exact) mass is 278 g/mol. The molecule has 0 aromatic rings. The van der Waals surface area contributed by atoms with Gasteiger partial charge in [0.25, 0.3) is 0 Å². The summed E-state index contributed by atoms with van der Waals surface area (Å²) >= 11 is 0. The van der Waals surface area contributed by atoms with Crippen LogP contribution < -0.4 is 0 Å². The highest BCUT2D eigenvalue weighted by Gasteiger charge is 2.43. The Morgan fingerprint density at radius 3 is 2.56 bits per heavy atom. The molecule has 7 heteroatoms. The summed E-state index contributed by atoms with van der Waals surface area (Å²) in [5.74, 6) is -2.08. The largest absolute Gasteiger partial charge is 0.480 e. The lowest BCUT2D eigenvalue weighted by Gasteiger charge is -2.42. The zero-order valence-electron chi connectivity index (χ0n) is 10.1. The standard InChI is InChI=1S/C11H18O6S/c12-10(13)8-18(14,15)9-1-4-17-11(7-9)2-5-16-6-3-11/h9H,1-8H2,(H,12,13). The molecule has 1 atom stereocenters. The molecule has 1 N–H and O–H groups in total. The molecule has 2 fully saturated rings. The molecule has 0 aromatic heterocycles. The molecule has 2 heterocycles. The summed E-state index contributed by atoms with van der Waals surface area (Å²) in [4.78, 5) is 10.6. The van der Waals surface area contributed by atoms with Crippen molar-refractivity contribution in [2.45, 2.75) is 36.5 Å². The highest BCUT2D eigenvalue weighted by molar-refractivity contribution is 7.92. The zero-order valence-corrected chi connectivity index (χ0v) is 10.9. The quantitative estimate of drug-likeness (QED) is 0.794. The lowest BCUT2D eigenvalue weighted by atomic mass is 9.86. The van der Waals surface area contributed by atoms with Gasteiger partial charge in [0, 0.05) is 19.8 Å². The summed E-state index contributed by atoms with van der Waals surface area (Å²) in [6.07, 6.45) is 2.16. The maximum absolute atomic E-state index is 12.0. The van der Waals surface area contributed by atoms with E-state index in [9.17, 15) is 13.2 Å². The van der Waals surface area contributed by atoms with Crippen molar-refractivity contribution in [3.8, 4) is 0 Å². The Hall–Kier alpha value is -0.660. The van der Waals surface area contributed by atoms with Crippen molar-refractivity contribution in [3.05, 3.63) is 0 Å². The fourth-order valence-corrected chi connectivity index (χ4v) is 4.26. The first-order valence-electron chi connectivity index (χ1n) is 6.09. The van der Waals surface area contributed by atoms with E-state index in [1.165, 1.54) is 0 Å². The van der Waals surface area contributed by atoms with Gasteiger partial charge < -0.3 is 14.6 Å². The lowest BCUT2D eigenvalue weighted by molar-refractivity contribution is -0.135. The summed E-state index contributed by atoms with van der Waals surface area (Å²) in [6.45, 7) is 1.53. The minimum atomic E-state index is -3.58. The zero-order chi connectivity index (χ0) is 13.2.